The van der Waals surface area contributed by atoms with Crippen LogP contribution in [0.4, 0.5) is 13.2 Å². The Morgan fingerprint density at radius 1 is 1.16 bits per heavy atom. The molecule has 0 saturated carbocycles. The Kier molecular flexibility index (Phi) is 4.45. The number of carbonyl (C=O) groups is 1. The van der Waals surface area contributed by atoms with Gasteiger partial charge in [-0.15, -0.1) is 0 Å². The molecule has 3 rings (SSSR count). The van der Waals surface area contributed by atoms with Crippen molar-refractivity contribution < 1.29 is 18.0 Å². The maximum atomic E-state index is 12.9. The molecule has 4 nitrogen and oxygen atoms in total. The summed E-state index contributed by atoms with van der Waals surface area (Å²) in [5.41, 5.74) is 0.355. The van der Waals surface area contributed by atoms with Crippen molar-refractivity contribution in [3.8, 4) is 17.3 Å². The lowest BCUT2D eigenvalue weighted by atomic mass is 10.0. The SMILES string of the molecule is N#Cc1ccc(C(F)(F)F)nc1-c1ccc(CN2CCCC2=O)cc1. The number of nitrogens with zero attached hydrogens (tertiary/aromatic N) is 3. The topological polar surface area (TPSA) is 57.0 Å². The Balaban J connectivity index is 1.89. The van der Waals surface area contributed by atoms with Crippen molar-refractivity contribution in [1.29, 1.82) is 5.26 Å². The van der Waals surface area contributed by atoms with Crippen LogP contribution in [0.3, 0.4) is 0 Å². The molecule has 0 bridgehead atoms. The smallest absolute Gasteiger partial charge is 0.338 e. The van der Waals surface area contributed by atoms with E-state index in [4.69, 9.17) is 5.26 Å². The van der Waals surface area contributed by atoms with Gasteiger partial charge in [-0.2, -0.15) is 18.4 Å². The van der Waals surface area contributed by atoms with Crippen LogP contribution in [-0.4, -0.2) is 22.3 Å². The quantitative estimate of drug-likeness (QED) is 0.851. The minimum absolute atomic E-state index is 0.00104. The molecule has 7 heteroatoms. The molecule has 1 amide bonds. The van der Waals surface area contributed by atoms with E-state index in [1.165, 1.54) is 0 Å². The third-order valence-corrected chi connectivity index (χ3v) is 4.08. The molecule has 0 aliphatic carbocycles. The van der Waals surface area contributed by atoms with Gasteiger partial charge < -0.3 is 4.90 Å². The van der Waals surface area contributed by atoms with Crippen LogP contribution in [0.1, 0.15) is 29.7 Å². The van der Waals surface area contributed by atoms with Gasteiger partial charge in [0.15, 0.2) is 0 Å². The first-order chi connectivity index (χ1) is 11.9. The number of likely N-dealkylation sites (tertiary alicyclic amines) is 1. The molecule has 25 heavy (non-hydrogen) atoms. The van der Waals surface area contributed by atoms with E-state index in [1.54, 1.807) is 29.2 Å². The fourth-order valence-corrected chi connectivity index (χ4v) is 2.79. The van der Waals surface area contributed by atoms with Gasteiger partial charge in [0.25, 0.3) is 0 Å². The predicted octanol–water partition coefficient (Wildman–Crippen LogP) is 3.76. The standard InChI is InChI=1S/C18H14F3N3O/c19-18(20,21)15-8-7-14(10-22)17(23-15)13-5-3-12(4-6-13)11-24-9-1-2-16(24)25/h3-8H,1-2,9,11H2. The van der Waals surface area contributed by atoms with Crippen molar-refractivity contribution in [2.45, 2.75) is 25.6 Å². The lowest BCUT2D eigenvalue weighted by molar-refractivity contribution is -0.141. The number of rotatable bonds is 3. The third kappa shape index (κ3) is 3.63. The molecule has 128 valence electrons. The Morgan fingerprint density at radius 2 is 1.88 bits per heavy atom. The summed E-state index contributed by atoms with van der Waals surface area (Å²) in [6.45, 7) is 1.19. The van der Waals surface area contributed by atoms with E-state index in [-0.39, 0.29) is 17.2 Å². The monoisotopic (exact) mass is 345 g/mol. The second kappa shape index (κ2) is 6.55. The van der Waals surface area contributed by atoms with Crippen LogP contribution in [0.25, 0.3) is 11.3 Å². The van der Waals surface area contributed by atoms with E-state index >= 15 is 0 Å². The van der Waals surface area contributed by atoms with Gasteiger partial charge >= 0.3 is 6.18 Å². The van der Waals surface area contributed by atoms with Crippen LogP contribution in [0.5, 0.6) is 0 Å². The van der Waals surface area contributed by atoms with Crippen LogP contribution >= 0.6 is 0 Å². The molecule has 0 atom stereocenters. The lowest BCUT2D eigenvalue weighted by Crippen LogP contribution is -2.23. The lowest BCUT2D eigenvalue weighted by Gasteiger charge is -2.16. The molecule has 0 N–H and O–H groups in total. The zero-order valence-electron chi connectivity index (χ0n) is 13.2. The minimum Gasteiger partial charge on any atom is -0.338 e. The van der Waals surface area contributed by atoms with Gasteiger partial charge in [-0.1, -0.05) is 24.3 Å². The number of nitriles is 1. The zero-order chi connectivity index (χ0) is 18.0. The maximum absolute atomic E-state index is 12.9. The van der Waals surface area contributed by atoms with Crippen LogP contribution < -0.4 is 0 Å². The van der Waals surface area contributed by atoms with E-state index < -0.39 is 11.9 Å². The molecule has 1 saturated heterocycles. The summed E-state index contributed by atoms with van der Waals surface area (Å²) in [5.74, 6) is 0.107. The van der Waals surface area contributed by atoms with Gasteiger partial charge in [0.1, 0.15) is 11.8 Å². The number of hydrogen-bond donors (Lipinski definition) is 0. The Hall–Kier alpha value is -2.88. The molecule has 2 aromatic rings. The van der Waals surface area contributed by atoms with Gasteiger partial charge in [-0.3, -0.25) is 4.79 Å². The number of benzene rings is 1. The summed E-state index contributed by atoms with van der Waals surface area (Å²) in [6, 6.07) is 10.5. The first-order valence-corrected chi connectivity index (χ1v) is 7.74. The average molecular weight is 345 g/mol. The molecule has 1 aromatic heterocycles. The fraction of sp³-hybridized carbons (Fsp3) is 0.278. The summed E-state index contributed by atoms with van der Waals surface area (Å²) >= 11 is 0. The predicted molar refractivity (Wildman–Crippen MR) is 84.0 cm³/mol. The van der Waals surface area contributed by atoms with Gasteiger partial charge in [-0.05, 0) is 24.1 Å². The number of hydrogen-bond acceptors (Lipinski definition) is 3. The van der Waals surface area contributed by atoms with Crippen molar-refractivity contribution in [3.63, 3.8) is 0 Å². The Bertz CT molecular complexity index is 838. The van der Waals surface area contributed by atoms with E-state index in [0.29, 0.717) is 25.1 Å². The second-order valence-corrected chi connectivity index (χ2v) is 5.82. The highest BCUT2D eigenvalue weighted by Crippen LogP contribution is 2.31. The molecule has 0 radical (unpaired) electrons. The average Bonchev–Trinajstić information content (AvgIpc) is 2.99. The van der Waals surface area contributed by atoms with E-state index in [9.17, 15) is 18.0 Å². The van der Waals surface area contributed by atoms with Crippen LogP contribution in [0.15, 0.2) is 36.4 Å². The molecule has 1 aliphatic heterocycles. The number of carbonyl (C=O) groups excluding carboxylic acids is 1. The highest BCUT2D eigenvalue weighted by Gasteiger charge is 2.33. The molecule has 0 spiro atoms. The van der Waals surface area contributed by atoms with Crippen LogP contribution in [0, 0.1) is 11.3 Å². The van der Waals surface area contributed by atoms with Crippen molar-refractivity contribution in [3.05, 3.63) is 53.2 Å². The Labute approximate surface area is 142 Å². The molecule has 1 aliphatic rings. The van der Waals surface area contributed by atoms with E-state index in [2.05, 4.69) is 4.98 Å². The summed E-state index contributed by atoms with van der Waals surface area (Å²) in [7, 11) is 0. The number of aromatic nitrogens is 1. The first-order valence-electron chi connectivity index (χ1n) is 7.74. The van der Waals surface area contributed by atoms with Crippen molar-refractivity contribution in [2.24, 2.45) is 0 Å². The van der Waals surface area contributed by atoms with Crippen molar-refractivity contribution in [1.82, 2.24) is 9.88 Å². The first kappa shape index (κ1) is 17.0. The highest BCUT2D eigenvalue weighted by atomic mass is 19.4. The van der Waals surface area contributed by atoms with Gasteiger partial charge in [0.2, 0.25) is 5.91 Å². The number of halogens is 3. The van der Waals surface area contributed by atoms with Gasteiger partial charge in [-0.25, -0.2) is 4.98 Å². The molecule has 0 unspecified atom stereocenters. The normalized spacial score (nSPS) is 14.6. The molecule has 1 aromatic carbocycles. The summed E-state index contributed by atoms with van der Waals surface area (Å²) in [4.78, 5) is 17.0. The minimum atomic E-state index is -4.57. The van der Waals surface area contributed by atoms with E-state index in [1.807, 2.05) is 6.07 Å². The third-order valence-electron chi connectivity index (χ3n) is 4.08. The van der Waals surface area contributed by atoms with Gasteiger partial charge in [0, 0.05) is 25.1 Å². The zero-order valence-corrected chi connectivity index (χ0v) is 13.2. The maximum Gasteiger partial charge on any atom is 0.433 e. The fourth-order valence-electron chi connectivity index (χ4n) is 2.79. The van der Waals surface area contributed by atoms with Crippen LogP contribution in [-0.2, 0) is 17.5 Å². The summed E-state index contributed by atoms with van der Waals surface area (Å²) < 4.78 is 38.6. The summed E-state index contributed by atoms with van der Waals surface area (Å²) in [5, 5.41) is 9.13. The highest BCUT2D eigenvalue weighted by molar-refractivity contribution is 5.78. The number of pyridine rings is 1. The molecule has 2 heterocycles. The molecular formula is C18H14F3N3O. The molecular weight excluding hydrogens is 331 g/mol. The Morgan fingerprint density at radius 3 is 2.44 bits per heavy atom. The van der Waals surface area contributed by atoms with Gasteiger partial charge in [0.05, 0.1) is 11.3 Å². The van der Waals surface area contributed by atoms with Crippen molar-refractivity contribution >= 4 is 5.91 Å². The summed E-state index contributed by atoms with van der Waals surface area (Å²) in [6.07, 6.45) is -3.17. The number of alkyl halides is 3. The largest absolute Gasteiger partial charge is 0.433 e. The van der Waals surface area contributed by atoms with E-state index in [0.717, 1.165) is 24.1 Å². The van der Waals surface area contributed by atoms with Crippen LogP contribution in [0.2, 0.25) is 0 Å². The number of amides is 1. The second-order valence-electron chi connectivity index (χ2n) is 5.82. The van der Waals surface area contributed by atoms with Crippen molar-refractivity contribution in [2.75, 3.05) is 6.54 Å². The molecule has 1 fully saturated rings.